The molecule has 3 N–H and O–H groups in total. The van der Waals surface area contributed by atoms with Crippen LogP contribution >= 0.6 is 0 Å². The topological polar surface area (TPSA) is 140 Å². The number of carbonyl (C=O) groups excluding carboxylic acids is 3. The van der Waals surface area contributed by atoms with Gasteiger partial charge in [-0.05, 0) is 43.5 Å². The van der Waals surface area contributed by atoms with Crippen molar-refractivity contribution in [1.29, 1.82) is 0 Å². The average molecular weight is 424 g/mol. The lowest BCUT2D eigenvalue weighted by molar-refractivity contribution is -0.154. The number of nitrogens with one attached hydrogen (secondary N) is 2. The maximum absolute atomic E-state index is 12.1. The Morgan fingerprint density at radius 3 is 2.40 bits per heavy atom. The third-order valence-electron chi connectivity index (χ3n) is 4.12. The Labute approximate surface area is 174 Å². The Balaban J connectivity index is 2.36. The summed E-state index contributed by atoms with van der Waals surface area (Å²) in [5.41, 5.74) is 0.498. The van der Waals surface area contributed by atoms with Gasteiger partial charge >= 0.3 is 12.1 Å². The van der Waals surface area contributed by atoms with E-state index in [0.29, 0.717) is 37.1 Å². The van der Waals surface area contributed by atoms with E-state index in [1.165, 1.54) is 0 Å². The van der Waals surface area contributed by atoms with Crippen molar-refractivity contribution in [3.05, 3.63) is 29.8 Å². The molecule has 0 saturated heterocycles. The first kappa shape index (κ1) is 24.7. The molecule has 0 spiro atoms. The summed E-state index contributed by atoms with van der Waals surface area (Å²) in [6.45, 7) is 2.32. The van der Waals surface area contributed by atoms with Crippen LogP contribution in [-0.2, 0) is 19.1 Å². The number of aliphatic carboxylic acids is 1. The number of hydrogen-bond acceptors (Lipinski definition) is 7. The van der Waals surface area contributed by atoms with E-state index in [1.54, 1.807) is 38.3 Å². The third-order valence-corrected chi connectivity index (χ3v) is 4.12. The molecule has 0 fully saturated rings. The number of benzene rings is 1. The summed E-state index contributed by atoms with van der Waals surface area (Å²) in [6, 6.07) is 5.60. The Kier molecular flexibility index (Phi) is 11.4. The minimum absolute atomic E-state index is 0.157. The summed E-state index contributed by atoms with van der Waals surface area (Å²) < 4.78 is 14.7. The van der Waals surface area contributed by atoms with Crippen LogP contribution in [0.1, 0.15) is 49.4 Å². The first-order valence-corrected chi connectivity index (χ1v) is 9.62. The molecule has 30 heavy (non-hydrogen) atoms. The fourth-order valence-electron chi connectivity index (χ4n) is 2.54. The van der Waals surface area contributed by atoms with Crippen molar-refractivity contribution >= 4 is 24.4 Å². The zero-order chi connectivity index (χ0) is 22.4. The highest BCUT2D eigenvalue weighted by atomic mass is 16.7. The van der Waals surface area contributed by atoms with Crippen molar-refractivity contribution in [3.8, 4) is 5.75 Å². The maximum Gasteiger partial charge on any atom is 0.410 e. The van der Waals surface area contributed by atoms with Gasteiger partial charge in [0.15, 0.2) is 0 Å². The summed E-state index contributed by atoms with van der Waals surface area (Å²) >= 11 is 0. The Hall–Kier alpha value is -3.30. The zero-order valence-corrected chi connectivity index (χ0v) is 17.1. The number of methoxy groups -OCH3 is 1. The fourth-order valence-corrected chi connectivity index (χ4v) is 2.54. The highest BCUT2D eigenvalue weighted by Crippen LogP contribution is 2.11. The molecule has 0 radical (unpaired) electrons. The van der Waals surface area contributed by atoms with Crippen molar-refractivity contribution in [3.63, 3.8) is 0 Å². The maximum atomic E-state index is 12.1. The van der Waals surface area contributed by atoms with E-state index in [0.717, 1.165) is 0 Å². The Morgan fingerprint density at radius 1 is 1.13 bits per heavy atom. The second-order valence-corrected chi connectivity index (χ2v) is 6.37. The van der Waals surface area contributed by atoms with Gasteiger partial charge in [-0.3, -0.25) is 9.59 Å². The van der Waals surface area contributed by atoms with Crippen LogP contribution in [0.2, 0.25) is 0 Å². The number of carboxylic acid groups (broad SMARTS) is 1. The molecule has 166 valence electrons. The lowest BCUT2D eigenvalue weighted by Crippen LogP contribution is -2.42. The van der Waals surface area contributed by atoms with Crippen LogP contribution in [0.5, 0.6) is 5.75 Å². The molecule has 0 heterocycles. The van der Waals surface area contributed by atoms with Crippen LogP contribution in [0.4, 0.5) is 4.79 Å². The molecule has 0 aliphatic carbocycles. The number of amides is 2. The molecule has 1 rings (SSSR count). The standard InChI is InChI=1S/C20H28N2O8/c1-3-6-16(19(25)26)22-20(27)30-17(29-13-23)7-4-5-12-21-18(24)14-8-10-15(28-2)11-9-14/h8-11,13,16-17H,3-7,12H2,1-2H3,(H,21,24)(H,22,27)(H,25,26)/t16-,17-/m0/s1. The molecular weight excluding hydrogens is 396 g/mol. The smallest absolute Gasteiger partial charge is 0.410 e. The Morgan fingerprint density at radius 2 is 1.83 bits per heavy atom. The number of unbranched alkanes of at least 4 members (excludes halogenated alkanes) is 1. The minimum atomic E-state index is -1.17. The molecule has 0 unspecified atom stereocenters. The van der Waals surface area contributed by atoms with Gasteiger partial charge in [-0.2, -0.15) is 0 Å². The molecule has 0 saturated carbocycles. The molecule has 0 aromatic heterocycles. The predicted molar refractivity (Wildman–Crippen MR) is 106 cm³/mol. The average Bonchev–Trinajstić information content (AvgIpc) is 2.73. The summed E-state index contributed by atoms with van der Waals surface area (Å²) in [5.74, 6) is -0.750. The summed E-state index contributed by atoms with van der Waals surface area (Å²) in [6.07, 6.45) is -0.0571. The third kappa shape index (κ3) is 9.26. The van der Waals surface area contributed by atoms with Gasteiger partial charge in [0.2, 0.25) is 6.29 Å². The van der Waals surface area contributed by atoms with Crippen LogP contribution in [0.15, 0.2) is 24.3 Å². The van der Waals surface area contributed by atoms with Gasteiger partial charge in [0.25, 0.3) is 12.4 Å². The molecule has 1 aromatic carbocycles. The lowest BCUT2D eigenvalue weighted by atomic mass is 10.2. The highest BCUT2D eigenvalue weighted by Gasteiger charge is 2.22. The predicted octanol–water partition coefficient (Wildman–Crippen LogP) is 2.07. The second-order valence-electron chi connectivity index (χ2n) is 6.37. The van der Waals surface area contributed by atoms with Crippen molar-refractivity contribution in [2.75, 3.05) is 13.7 Å². The lowest BCUT2D eigenvalue weighted by Gasteiger charge is -2.18. The largest absolute Gasteiger partial charge is 0.497 e. The van der Waals surface area contributed by atoms with Crippen LogP contribution in [0.25, 0.3) is 0 Å². The van der Waals surface area contributed by atoms with Gasteiger partial charge in [0, 0.05) is 18.5 Å². The monoisotopic (exact) mass is 424 g/mol. The Bertz CT molecular complexity index is 693. The van der Waals surface area contributed by atoms with E-state index in [2.05, 4.69) is 10.6 Å². The van der Waals surface area contributed by atoms with Gasteiger partial charge in [-0.1, -0.05) is 13.3 Å². The normalized spacial score (nSPS) is 12.2. The van der Waals surface area contributed by atoms with Gasteiger partial charge in [-0.15, -0.1) is 0 Å². The van der Waals surface area contributed by atoms with Crippen molar-refractivity contribution in [2.45, 2.75) is 51.4 Å². The van der Waals surface area contributed by atoms with E-state index in [9.17, 15) is 19.2 Å². The van der Waals surface area contributed by atoms with Crippen LogP contribution in [-0.4, -0.2) is 55.5 Å². The van der Waals surface area contributed by atoms with E-state index < -0.39 is 24.4 Å². The molecule has 10 nitrogen and oxygen atoms in total. The van der Waals surface area contributed by atoms with Crippen molar-refractivity contribution < 1.29 is 38.5 Å². The molecule has 0 bridgehead atoms. The highest BCUT2D eigenvalue weighted by molar-refractivity contribution is 5.94. The number of rotatable bonds is 14. The van der Waals surface area contributed by atoms with E-state index in [4.69, 9.17) is 19.3 Å². The molecular formula is C20H28N2O8. The molecule has 2 atom stereocenters. The van der Waals surface area contributed by atoms with Crippen molar-refractivity contribution in [1.82, 2.24) is 10.6 Å². The summed E-state index contributed by atoms with van der Waals surface area (Å²) in [5, 5.41) is 14.0. The number of alkyl carbamates (subject to hydrolysis) is 1. The van der Waals surface area contributed by atoms with Crippen molar-refractivity contribution in [2.24, 2.45) is 0 Å². The molecule has 0 aliphatic heterocycles. The van der Waals surface area contributed by atoms with Gasteiger partial charge in [0.1, 0.15) is 11.8 Å². The zero-order valence-electron chi connectivity index (χ0n) is 17.1. The molecule has 2 amide bonds. The van der Waals surface area contributed by atoms with E-state index in [1.807, 2.05) is 0 Å². The summed E-state index contributed by atoms with van der Waals surface area (Å²) in [7, 11) is 1.54. The van der Waals surface area contributed by atoms with E-state index in [-0.39, 0.29) is 25.2 Å². The first-order chi connectivity index (χ1) is 14.4. The molecule has 1 aromatic rings. The van der Waals surface area contributed by atoms with Gasteiger partial charge in [0.05, 0.1) is 7.11 Å². The SMILES string of the molecule is CCC[C@H](NC(=O)O[C@@H](CCCCNC(=O)c1ccc(OC)cc1)OC=O)C(=O)O. The van der Waals surface area contributed by atoms with Crippen LogP contribution < -0.4 is 15.4 Å². The van der Waals surface area contributed by atoms with Crippen LogP contribution in [0.3, 0.4) is 0 Å². The minimum Gasteiger partial charge on any atom is -0.497 e. The number of ether oxygens (including phenoxy) is 3. The number of carbonyl (C=O) groups is 4. The quantitative estimate of drug-likeness (QED) is 0.234. The van der Waals surface area contributed by atoms with E-state index >= 15 is 0 Å². The first-order valence-electron chi connectivity index (χ1n) is 9.62. The van der Waals surface area contributed by atoms with Crippen LogP contribution in [0, 0.1) is 0 Å². The summed E-state index contributed by atoms with van der Waals surface area (Å²) in [4.78, 5) is 45.6. The molecule has 0 aliphatic rings. The number of hydrogen-bond donors (Lipinski definition) is 3. The second kappa shape index (κ2) is 13.8. The van der Waals surface area contributed by atoms with Gasteiger partial charge < -0.3 is 30.0 Å². The van der Waals surface area contributed by atoms with Gasteiger partial charge in [-0.25, -0.2) is 9.59 Å². The molecule has 10 heteroatoms. The number of carboxylic acids is 1. The fraction of sp³-hybridized carbons (Fsp3) is 0.500.